The highest BCUT2D eigenvalue weighted by atomic mass is 35.5. The molecule has 1 atom stereocenters. The maximum atomic E-state index is 12.7. The van der Waals surface area contributed by atoms with Crippen LogP contribution in [0.2, 0.25) is 10.0 Å². The quantitative estimate of drug-likeness (QED) is 0.804. The second-order valence-corrected chi connectivity index (χ2v) is 6.46. The minimum Gasteiger partial charge on any atom is -0.347 e. The van der Waals surface area contributed by atoms with Crippen molar-refractivity contribution in [3.05, 3.63) is 69.7 Å². The molecular formula is C18H20Cl2N2O. The summed E-state index contributed by atoms with van der Waals surface area (Å²) < 4.78 is 0. The lowest BCUT2D eigenvalue weighted by molar-refractivity contribution is -0.134. The normalized spacial score (nSPS) is 12.3. The van der Waals surface area contributed by atoms with Crippen molar-refractivity contribution in [3.63, 3.8) is 0 Å². The fourth-order valence-corrected chi connectivity index (χ4v) is 2.88. The van der Waals surface area contributed by atoms with Crippen LogP contribution in [0.15, 0.2) is 48.5 Å². The minimum absolute atomic E-state index is 0.0249. The van der Waals surface area contributed by atoms with Crippen LogP contribution in [0.1, 0.15) is 17.2 Å². The average molecular weight is 351 g/mol. The van der Waals surface area contributed by atoms with Crippen molar-refractivity contribution < 1.29 is 4.79 Å². The van der Waals surface area contributed by atoms with Crippen molar-refractivity contribution in [3.8, 4) is 0 Å². The first-order chi connectivity index (χ1) is 10.9. The lowest BCUT2D eigenvalue weighted by Gasteiger charge is -2.30. The first-order valence-corrected chi connectivity index (χ1v) is 8.06. The number of hydrogen-bond donors (Lipinski definition) is 0. The van der Waals surface area contributed by atoms with Gasteiger partial charge in [-0.3, -0.25) is 9.69 Å². The van der Waals surface area contributed by atoms with E-state index in [2.05, 4.69) is 0 Å². The Labute approximate surface area is 147 Å². The van der Waals surface area contributed by atoms with E-state index >= 15 is 0 Å². The van der Waals surface area contributed by atoms with Crippen LogP contribution in [0, 0.1) is 0 Å². The highest BCUT2D eigenvalue weighted by Crippen LogP contribution is 2.29. The van der Waals surface area contributed by atoms with Crippen molar-refractivity contribution in [2.75, 3.05) is 21.1 Å². The molecule has 0 aromatic heterocycles. The van der Waals surface area contributed by atoms with E-state index in [1.807, 2.05) is 54.4 Å². The first-order valence-electron chi connectivity index (χ1n) is 7.31. The molecule has 0 aliphatic carbocycles. The molecule has 2 rings (SSSR count). The van der Waals surface area contributed by atoms with E-state index in [-0.39, 0.29) is 11.9 Å². The Morgan fingerprint density at radius 3 is 2.26 bits per heavy atom. The predicted molar refractivity (Wildman–Crippen MR) is 95.8 cm³/mol. The molecule has 0 N–H and O–H groups in total. The molecule has 2 aromatic rings. The summed E-state index contributed by atoms with van der Waals surface area (Å²) in [7, 11) is 5.44. The van der Waals surface area contributed by atoms with E-state index in [4.69, 9.17) is 23.2 Å². The van der Waals surface area contributed by atoms with E-state index in [1.165, 1.54) is 0 Å². The molecule has 0 aliphatic rings. The molecule has 23 heavy (non-hydrogen) atoms. The summed E-state index contributed by atoms with van der Waals surface area (Å²) in [5.41, 5.74) is 1.85. The zero-order valence-corrected chi connectivity index (χ0v) is 15.0. The molecule has 2 aromatic carbocycles. The van der Waals surface area contributed by atoms with Crippen LogP contribution in [0.3, 0.4) is 0 Å². The largest absolute Gasteiger partial charge is 0.347 e. The van der Waals surface area contributed by atoms with Gasteiger partial charge in [0, 0.05) is 20.6 Å². The molecule has 0 aliphatic heterocycles. The van der Waals surface area contributed by atoms with Gasteiger partial charge in [0.15, 0.2) is 0 Å². The topological polar surface area (TPSA) is 23.6 Å². The van der Waals surface area contributed by atoms with Crippen molar-refractivity contribution >= 4 is 29.1 Å². The lowest BCUT2D eigenvalue weighted by Crippen LogP contribution is -2.37. The summed E-state index contributed by atoms with van der Waals surface area (Å²) in [5.74, 6) is 0.0249. The number of nitrogens with zero attached hydrogens (tertiary/aromatic N) is 2. The van der Waals surface area contributed by atoms with Gasteiger partial charge in [-0.25, -0.2) is 0 Å². The number of halogens is 2. The number of carbonyl (C=O) groups excluding carboxylic acids is 1. The zero-order valence-electron chi connectivity index (χ0n) is 13.5. The zero-order chi connectivity index (χ0) is 17.0. The fraction of sp³-hybridized carbons (Fsp3) is 0.278. The Morgan fingerprint density at radius 1 is 1.00 bits per heavy atom. The molecule has 0 heterocycles. The lowest BCUT2D eigenvalue weighted by atomic mass is 10.0. The summed E-state index contributed by atoms with van der Waals surface area (Å²) in [4.78, 5) is 16.2. The van der Waals surface area contributed by atoms with Crippen LogP contribution in [-0.4, -0.2) is 36.9 Å². The summed E-state index contributed by atoms with van der Waals surface area (Å²) in [6.45, 7) is 0.526. The monoisotopic (exact) mass is 350 g/mol. The van der Waals surface area contributed by atoms with Gasteiger partial charge in [-0.05, 0) is 24.2 Å². The van der Waals surface area contributed by atoms with Gasteiger partial charge in [0.1, 0.15) is 6.04 Å². The summed E-state index contributed by atoms with van der Waals surface area (Å²) in [6, 6.07) is 14.9. The van der Waals surface area contributed by atoms with Crippen LogP contribution in [0.4, 0.5) is 0 Å². The van der Waals surface area contributed by atoms with Crippen molar-refractivity contribution in [2.45, 2.75) is 12.6 Å². The Balaban J connectivity index is 2.32. The van der Waals surface area contributed by atoms with E-state index < -0.39 is 0 Å². The van der Waals surface area contributed by atoms with Crippen molar-refractivity contribution in [2.24, 2.45) is 0 Å². The molecule has 122 valence electrons. The van der Waals surface area contributed by atoms with Crippen LogP contribution in [-0.2, 0) is 11.3 Å². The maximum Gasteiger partial charge on any atom is 0.244 e. The third-order valence-corrected chi connectivity index (χ3v) is 4.54. The number of likely N-dealkylation sites (N-methyl/N-ethyl adjacent to an activating group) is 2. The van der Waals surface area contributed by atoms with Crippen LogP contribution < -0.4 is 0 Å². The highest BCUT2D eigenvalue weighted by molar-refractivity contribution is 6.42. The number of hydrogen-bond acceptors (Lipinski definition) is 2. The molecule has 0 saturated carbocycles. The second-order valence-electron chi connectivity index (χ2n) is 5.67. The Hall–Kier alpha value is -1.55. The molecule has 0 radical (unpaired) electrons. The standard InChI is InChI=1S/C18H20Cl2N2O/c1-21(2)18(23)17(13-8-5-4-6-9-13)22(3)12-14-10-7-11-15(19)16(14)20/h4-11,17H,12H2,1-3H3. The summed E-state index contributed by atoms with van der Waals surface area (Å²) in [6.07, 6.45) is 0. The molecular weight excluding hydrogens is 331 g/mol. The van der Waals surface area contributed by atoms with E-state index in [0.717, 1.165) is 11.1 Å². The van der Waals surface area contributed by atoms with Gasteiger partial charge < -0.3 is 4.90 Å². The summed E-state index contributed by atoms with van der Waals surface area (Å²) >= 11 is 12.4. The molecule has 0 bridgehead atoms. The first kappa shape index (κ1) is 17.8. The van der Waals surface area contributed by atoms with Crippen LogP contribution >= 0.6 is 23.2 Å². The summed E-state index contributed by atoms with van der Waals surface area (Å²) in [5, 5.41) is 1.05. The van der Waals surface area contributed by atoms with Gasteiger partial charge in [0.2, 0.25) is 5.91 Å². The van der Waals surface area contributed by atoms with Gasteiger partial charge in [-0.1, -0.05) is 65.7 Å². The maximum absolute atomic E-state index is 12.7. The molecule has 0 fully saturated rings. The van der Waals surface area contributed by atoms with E-state index in [0.29, 0.717) is 16.6 Å². The number of carbonyl (C=O) groups is 1. The van der Waals surface area contributed by atoms with E-state index in [1.54, 1.807) is 25.1 Å². The third-order valence-electron chi connectivity index (χ3n) is 3.68. The second kappa shape index (κ2) is 7.82. The number of amides is 1. The van der Waals surface area contributed by atoms with Gasteiger partial charge in [0.25, 0.3) is 0 Å². The predicted octanol–water partition coefficient (Wildman–Crippen LogP) is 4.25. The molecule has 5 heteroatoms. The van der Waals surface area contributed by atoms with Crippen LogP contribution in [0.5, 0.6) is 0 Å². The molecule has 0 saturated heterocycles. The van der Waals surface area contributed by atoms with Crippen LogP contribution in [0.25, 0.3) is 0 Å². The van der Waals surface area contributed by atoms with E-state index in [9.17, 15) is 4.79 Å². The number of rotatable bonds is 5. The molecule has 1 unspecified atom stereocenters. The van der Waals surface area contributed by atoms with Gasteiger partial charge >= 0.3 is 0 Å². The minimum atomic E-state index is -0.374. The van der Waals surface area contributed by atoms with Gasteiger partial charge in [-0.15, -0.1) is 0 Å². The smallest absolute Gasteiger partial charge is 0.244 e. The van der Waals surface area contributed by atoms with Crippen molar-refractivity contribution in [1.82, 2.24) is 9.80 Å². The van der Waals surface area contributed by atoms with Gasteiger partial charge in [0.05, 0.1) is 10.0 Å². The molecule has 3 nitrogen and oxygen atoms in total. The molecule has 1 amide bonds. The third kappa shape index (κ3) is 4.25. The highest BCUT2D eigenvalue weighted by Gasteiger charge is 2.27. The average Bonchev–Trinajstić information content (AvgIpc) is 2.53. The number of benzene rings is 2. The van der Waals surface area contributed by atoms with Crippen molar-refractivity contribution in [1.29, 1.82) is 0 Å². The SMILES string of the molecule is CN(C)C(=O)C(c1ccccc1)N(C)Cc1cccc(Cl)c1Cl. The molecule has 0 spiro atoms. The Kier molecular flexibility index (Phi) is 6.05. The Morgan fingerprint density at radius 2 is 1.65 bits per heavy atom. The fourth-order valence-electron chi connectivity index (χ4n) is 2.50. The Bertz CT molecular complexity index is 674. The van der Waals surface area contributed by atoms with Gasteiger partial charge in [-0.2, -0.15) is 0 Å².